The van der Waals surface area contributed by atoms with E-state index in [-0.39, 0.29) is 11.2 Å². The smallest absolute Gasteiger partial charge is 0.272 e. The van der Waals surface area contributed by atoms with E-state index in [1.54, 1.807) is 0 Å². The van der Waals surface area contributed by atoms with E-state index in [4.69, 9.17) is 0 Å². The lowest BCUT2D eigenvalue weighted by Crippen LogP contribution is -2.38. The molecule has 4 nitrogen and oxygen atoms in total. The molecule has 18 heavy (non-hydrogen) atoms. The van der Waals surface area contributed by atoms with E-state index >= 15 is 0 Å². The Balaban J connectivity index is 2.07. The molecule has 1 aliphatic carbocycles. The van der Waals surface area contributed by atoms with Gasteiger partial charge in [-0.25, -0.2) is 4.39 Å². The molecule has 1 saturated carbocycles. The summed E-state index contributed by atoms with van der Waals surface area (Å²) in [5.74, 6) is -0.558. The molecule has 0 aliphatic heterocycles. The minimum Gasteiger partial charge on any atom is -0.307 e. The van der Waals surface area contributed by atoms with E-state index in [1.807, 2.05) is 0 Å². The van der Waals surface area contributed by atoms with E-state index in [0.29, 0.717) is 12.1 Å². The normalized spacial score (nSPS) is 17.9. The maximum atomic E-state index is 13.3. The third-order valence-corrected chi connectivity index (χ3v) is 3.58. The summed E-state index contributed by atoms with van der Waals surface area (Å²) in [6.07, 6.45) is 4.61. The topological polar surface area (TPSA) is 55.2 Å². The van der Waals surface area contributed by atoms with Gasteiger partial charge in [0.15, 0.2) is 0 Å². The molecule has 5 heteroatoms. The lowest BCUT2D eigenvalue weighted by Gasteiger charge is -2.25. The van der Waals surface area contributed by atoms with Gasteiger partial charge in [-0.2, -0.15) is 0 Å². The number of benzene rings is 1. The number of hydrogen-bond donors (Lipinski definition) is 1. The quantitative estimate of drug-likeness (QED) is 0.661. The van der Waals surface area contributed by atoms with Crippen LogP contribution in [0.25, 0.3) is 0 Å². The van der Waals surface area contributed by atoms with Crippen molar-refractivity contribution in [1.82, 2.24) is 5.32 Å². The molecule has 0 aromatic heterocycles. The van der Waals surface area contributed by atoms with Crippen molar-refractivity contribution in [1.29, 1.82) is 0 Å². The zero-order valence-electron chi connectivity index (χ0n) is 10.4. The van der Waals surface area contributed by atoms with Crippen molar-refractivity contribution in [3.63, 3.8) is 0 Å². The Morgan fingerprint density at radius 1 is 1.39 bits per heavy atom. The number of nitrogens with zero attached hydrogens (tertiary/aromatic N) is 1. The molecule has 1 fully saturated rings. The van der Waals surface area contributed by atoms with Crippen LogP contribution < -0.4 is 5.32 Å². The minimum atomic E-state index is -0.566. The third-order valence-electron chi connectivity index (χ3n) is 3.58. The molecular weight excluding hydrogens is 235 g/mol. The first-order valence-corrected chi connectivity index (χ1v) is 6.17. The van der Waals surface area contributed by atoms with Gasteiger partial charge >= 0.3 is 0 Å². The number of rotatable bonds is 4. The molecular formula is C13H17FN2O2. The lowest BCUT2D eigenvalue weighted by molar-refractivity contribution is -0.385. The highest BCUT2D eigenvalue weighted by atomic mass is 19.1. The average Bonchev–Trinajstić information content (AvgIpc) is 2.73. The molecule has 0 heterocycles. The molecule has 0 spiro atoms. The van der Waals surface area contributed by atoms with Crippen LogP contribution in [-0.2, 0) is 6.54 Å². The maximum Gasteiger partial charge on any atom is 0.272 e. The van der Waals surface area contributed by atoms with Crippen molar-refractivity contribution in [2.45, 2.75) is 44.7 Å². The first-order valence-electron chi connectivity index (χ1n) is 6.17. The molecule has 1 aromatic rings. The SMILES string of the molecule is CC1(NCc2cc(F)cc([N+](=O)[O-])c2)CCCC1. The van der Waals surface area contributed by atoms with Crippen molar-refractivity contribution in [3.8, 4) is 0 Å². The van der Waals surface area contributed by atoms with Gasteiger partial charge in [-0.05, 0) is 31.4 Å². The molecule has 0 atom stereocenters. The highest BCUT2D eigenvalue weighted by Gasteiger charge is 2.27. The standard InChI is InChI=1S/C13H17FN2O2/c1-13(4-2-3-5-13)15-9-10-6-11(14)8-12(7-10)16(17)18/h6-8,15H,2-5,9H2,1H3. The van der Waals surface area contributed by atoms with E-state index in [0.717, 1.165) is 18.9 Å². The average molecular weight is 252 g/mol. The molecule has 0 radical (unpaired) electrons. The van der Waals surface area contributed by atoms with Gasteiger partial charge in [-0.15, -0.1) is 0 Å². The fourth-order valence-electron chi connectivity index (χ4n) is 2.49. The fourth-order valence-corrected chi connectivity index (χ4v) is 2.49. The van der Waals surface area contributed by atoms with E-state index < -0.39 is 10.7 Å². The first kappa shape index (κ1) is 13.0. The Morgan fingerprint density at radius 2 is 2.06 bits per heavy atom. The van der Waals surface area contributed by atoms with Gasteiger partial charge in [0.1, 0.15) is 5.82 Å². The Labute approximate surface area is 105 Å². The van der Waals surface area contributed by atoms with Gasteiger partial charge in [0.05, 0.1) is 11.0 Å². The van der Waals surface area contributed by atoms with Crippen molar-refractivity contribution < 1.29 is 9.31 Å². The Bertz CT molecular complexity index is 456. The van der Waals surface area contributed by atoms with E-state index in [9.17, 15) is 14.5 Å². The van der Waals surface area contributed by atoms with Gasteiger partial charge in [0, 0.05) is 18.2 Å². The predicted molar refractivity (Wildman–Crippen MR) is 66.8 cm³/mol. The van der Waals surface area contributed by atoms with Crippen LogP contribution in [0.3, 0.4) is 0 Å². The number of nitro groups is 1. The summed E-state index contributed by atoms with van der Waals surface area (Å²) >= 11 is 0. The van der Waals surface area contributed by atoms with E-state index in [1.165, 1.54) is 25.0 Å². The highest BCUT2D eigenvalue weighted by molar-refractivity contribution is 5.35. The van der Waals surface area contributed by atoms with Crippen LogP contribution in [0.4, 0.5) is 10.1 Å². The predicted octanol–water partition coefficient (Wildman–Crippen LogP) is 3.16. The summed E-state index contributed by atoms with van der Waals surface area (Å²) in [5, 5.41) is 14.0. The largest absolute Gasteiger partial charge is 0.307 e. The van der Waals surface area contributed by atoms with Crippen molar-refractivity contribution in [2.75, 3.05) is 0 Å². The molecule has 0 unspecified atom stereocenters. The fraction of sp³-hybridized carbons (Fsp3) is 0.538. The Kier molecular flexibility index (Phi) is 3.61. The summed E-state index contributed by atoms with van der Waals surface area (Å²) in [6.45, 7) is 2.61. The van der Waals surface area contributed by atoms with Crippen LogP contribution in [0.5, 0.6) is 0 Å². The number of nitro benzene ring substituents is 1. The molecule has 1 aliphatic rings. The summed E-state index contributed by atoms with van der Waals surface area (Å²) in [5.41, 5.74) is 0.513. The minimum absolute atomic E-state index is 0.0844. The lowest BCUT2D eigenvalue weighted by atomic mass is 10.0. The second kappa shape index (κ2) is 5.02. The van der Waals surface area contributed by atoms with Crippen molar-refractivity contribution in [2.24, 2.45) is 0 Å². The monoisotopic (exact) mass is 252 g/mol. The van der Waals surface area contributed by atoms with Crippen molar-refractivity contribution >= 4 is 5.69 Å². The molecule has 0 amide bonds. The molecule has 2 rings (SSSR count). The van der Waals surface area contributed by atoms with Crippen LogP contribution >= 0.6 is 0 Å². The zero-order chi connectivity index (χ0) is 13.2. The van der Waals surface area contributed by atoms with Gasteiger partial charge in [0.2, 0.25) is 0 Å². The van der Waals surface area contributed by atoms with Crippen LogP contribution in [0.15, 0.2) is 18.2 Å². The zero-order valence-corrected chi connectivity index (χ0v) is 10.4. The van der Waals surface area contributed by atoms with Crippen molar-refractivity contribution in [3.05, 3.63) is 39.7 Å². The number of non-ortho nitro benzene ring substituents is 1. The second-order valence-corrected chi connectivity index (χ2v) is 5.20. The summed E-state index contributed by atoms with van der Waals surface area (Å²) < 4.78 is 13.3. The summed E-state index contributed by atoms with van der Waals surface area (Å²) in [7, 11) is 0. The maximum absolute atomic E-state index is 13.3. The van der Waals surface area contributed by atoms with Gasteiger partial charge in [-0.1, -0.05) is 12.8 Å². The first-order chi connectivity index (χ1) is 8.48. The number of nitrogens with one attached hydrogen (secondary N) is 1. The van der Waals surface area contributed by atoms with Crippen LogP contribution in [0.2, 0.25) is 0 Å². The van der Waals surface area contributed by atoms with Crippen LogP contribution in [-0.4, -0.2) is 10.5 Å². The van der Waals surface area contributed by atoms with Crippen LogP contribution in [0.1, 0.15) is 38.2 Å². The number of halogens is 1. The molecule has 98 valence electrons. The highest BCUT2D eigenvalue weighted by Crippen LogP contribution is 2.29. The molecule has 0 bridgehead atoms. The Hall–Kier alpha value is -1.49. The third kappa shape index (κ3) is 3.04. The molecule has 1 aromatic carbocycles. The summed E-state index contributed by atoms with van der Waals surface area (Å²) in [4.78, 5) is 10.1. The van der Waals surface area contributed by atoms with Gasteiger partial charge in [-0.3, -0.25) is 10.1 Å². The van der Waals surface area contributed by atoms with E-state index in [2.05, 4.69) is 12.2 Å². The molecule has 0 saturated heterocycles. The van der Waals surface area contributed by atoms with Gasteiger partial charge in [0.25, 0.3) is 5.69 Å². The Morgan fingerprint density at radius 3 is 2.67 bits per heavy atom. The molecule has 1 N–H and O–H groups in total. The number of hydrogen-bond acceptors (Lipinski definition) is 3. The summed E-state index contributed by atoms with van der Waals surface area (Å²) in [6, 6.07) is 3.72. The van der Waals surface area contributed by atoms with Crippen LogP contribution in [0, 0.1) is 15.9 Å². The second-order valence-electron chi connectivity index (χ2n) is 5.20. The van der Waals surface area contributed by atoms with Gasteiger partial charge < -0.3 is 5.32 Å².